The van der Waals surface area contributed by atoms with Crippen LogP contribution in [0, 0.1) is 0 Å². The van der Waals surface area contributed by atoms with E-state index in [1.165, 1.54) is 10.6 Å². The van der Waals surface area contributed by atoms with Gasteiger partial charge in [0.25, 0.3) is 5.56 Å². The van der Waals surface area contributed by atoms with Crippen molar-refractivity contribution in [3.8, 4) is 22.2 Å². The smallest absolute Gasteiger partial charge is 0.416 e. The Bertz CT molecular complexity index is 1410. The van der Waals surface area contributed by atoms with Crippen molar-refractivity contribution in [2.24, 2.45) is 7.05 Å². The van der Waals surface area contributed by atoms with Crippen molar-refractivity contribution in [3.05, 3.63) is 70.3 Å². The number of likely N-dealkylation sites (tertiary alicyclic amines) is 1. The van der Waals surface area contributed by atoms with E-state index in [1.807, 2.05) is 0 Å². The molecule has 10 heteroatoms. The Morgan fingerprint density at radius 3 is 2.68 bits per heavy atom. The quantitative estimate of drug-likeness (QED) is 0.375. The minimum absolute atomic E-state index is 0.0987. The minimum atomic E-state index is -4.45. The fourth-order valence-electron chi connectivity index (χ4n) is 4.00. The number of hydrogen-bond acceptors (Lipinski definition) is 6. The van der Waals surface area contributed by atoms with Gasteiger partial charge in [0.15, 0.2) is 5.75 Å². The number of nitrogens with zero attached hydrogens (tertiary/aromatic N) is 4. The monoisotopic (exact) mass is 486 g/mol. The highest BCUT2D eigenvalue weighted by Crippen LogP contribution is 2.36. The third-order valence-electron chi connectivity index (χ3n) is 5.81. The van der Waals surface area contributed by atoms with Crippen molar-refractivity contribution in [1.29, 1.82) is 0 Å². The van der Waals surface area contributed by atoms with Crippen molar-refractivity contribution in [2.45, 2.75) is 25.6 Å². The first-order valence-electron chi connectivity index (χ1n) is 10.8. The first-order valence-corrected chi connectivity index (χ1v) is 11.6. The Hall–Kier alpha value is -3.24. The van der Waals surface area contributed by atoms with Crippen molar-refractivity contribution in [1.82, 2.24) is 19.4 Å². The molecule has 1 saturated heterocycles. The number of pyridine rings is 1. The molecule has 34 heavy (non-hydrogen) atoms. The molecule has 6 nitrogen and oxygen atoms in total. The first kappa shape index (κ1) is 22.5. The number of hydrogen-bond donors (Lipinski definition) is 0. The molecule has 1 aromatic carbocycles. The number of thiophene rings is 1. The molecule has 1 fully saturated rings. The van der Waals surface area contributed by atoms with Crippen LogP contribution in [0.1, 0.15) is 24.1 Å². The lowest BCUT2D eigenvalue weighted by Crippen LogP contribution is -2.21. The molecule has 4 heterocycles. The molecule has 0 N–H and O–H groups in total. The van der Waals surface area contributed by atoms with Gasteiger partial charge in [-0.1, -0.05) is 12.1 Å². The number of rotatable bonds is 5. The van der Waals surface area contributed by atoms with Crippen molar-refractivity contribution < 1.29 is 17.9 Å². The average Bonchev–Trinajstić information content (AvgIpc) is 3.48. The van der Waals surface area contributed by atoms with Gasteiger partial charge in [-0.15, -0.1) is 11.3 Å². The molecule has 1 aliphatic heterocycles. The number of benzene rings is 1. The van der Waals surface area contributed by atoms with E-state index in [0.29, 0.717) is 33.0 Å². The summed E-state index contributed by atoms with van der Waals surface area (Å²) in [5, 5.41) is 0. The first-order chi connectivity index (χ1) is 16.3. The van der Waals surface area contributed by atoms with Crippen LogP contribution in [0.4, 0.5) is 13.2 Å². The van der Waals surface area contributed by atoms with Crippen LogP contribution in [0.15, 0.2) is 53.5 Å². The van der Waals surface area contributed by atoms with Crippen molar-refractivity contribution in [2.75, 3.05) is 13.1 Å². The van der Waals surface area contributed by atoms with Crippen molar-refractivity contribution in [3.63, 3.8) is 0 Å². The maximum absolute atomic E-state index is 13.1. The fraction of sp³-hybridized carbons (Fsp3) is 0.292. The molecule has 0 spiro atoms. The van der Waals surface area contributed by atoms with Gasteiger partial charge < -0.3 is 4.74 Å². The van der Waals surface area contributed by atoms with E-state index < -0.39 is 11.7 Å². The second-order valence-corrected chi connectivity index (χ2v) is 9.25. The number of aromatic nitrogens is 3. The summed E-state index contributed by atoms with van der Waals surface area (Å²) >= 11 is 1.11. The summed E-state index contributed by atoms with van der Waals surface area (Å²) in [6.45, 7) is 2.66. The summed E-state index contributed by atoms with van der Waals surface area (Å²) in [4.78, 5) is 24.8. The maximum Gasteiger partial charge on any atom is 0.416 e. The number of halogens is 3. The fourth-order valence-corrected chi connectivity index (χ4v) is 5.07. The predicted octanol–water partition coefficient (Wildman–Crippen LogP) is 5.46. The summed E-state index contributed by atoms with van der Waals surface area (Å²) < 4.78 is 47.1. The van der Waals surface area contributed by atoms with Gasteiger partial charge in [-0.3, -0.25) is 19.2 Å². The largest absolute Gasteiger partial charge is 0.423 e. The standard InChI is InChI=1S/C24H21F3N4O2S/c1-30-22(32)21-17(13-20(34-21)15-6-4-7-16(12-15)24(25,26)27)29-23(30)33-19-8-5-9-28-18(19)14-31-10-2-3-11-31/h4-9,12-13H,2-3,10-11,14H2,1H3. The van der Waals surface area contributed by atoms with E-state index in [4.69, 9.17) is 4.74 Å². The van der Waals surface area contributed by atoms with E-state index in [9.17, 15) is 18.0 Å². The van der Waals surface area contributed by atoms with Crippen LogP contribution < -0.4 is 10.3 Å². The van der Waals surface area contributed by atoms with E-state index in [1.54, 1.807) is 37.5 Å². The molecule has 4 aromatic rings. The zero-order chi connectivity index (χ0) is 23.9. The van der Waals surface area contributed by atoms with E-state index in [-0.39, 0.29) is 11.6 Å². The summed E-state index contributed by atoms with van der Waals surface area (Å²) in [6, 6.07) is 10.3. The maximum atomic E-state index is 13.1. The summed E-state index contributed by atoms with van der Waals surface area (Å²) in [5.41, 5.74) is 0.444. The van der Waals surface area contributed by atoms with Gasteiger partial charge in [-0.2, -0.15) is 18.2 Å². The third-order valence-corrected chi connectivity index (χ3v) is 6.97. The zero-order valence-electron chi connectivity index (χ0n) is 18.3. The predicted molar refractivity (Wildman–Crippen MR) is 124 cm³/mol. The third kappa shape index (κ3) is 4.43. The molecule has 0 radical (unpaired) electrons. The van der Waals surface area contributed by atoms with E-state index >= 15 is 0 Å². The van der Waals surface area contributed by atoms with Crippen molar-refractivity contribution >= 4 is 21.6 Å². The molecule has 0 atom stereocenters. The number of alkyl halides is 3. The van der Waals surface area contributed by atoms with Crippen LogP contribution in [-0.2, 0) is 19.8 Å². The Balaban J connectivity index is 1.50. The average molecular weight is 487 g/mol. The van der Waals surface area contributed by atoms with E-state index in [2.05, 4.69) is 14.9 Å². The van der Waals surface area contributed by atoms with Gasteiger partial charge in [0.05, 0.1) is 16.8 Å². The number of fused-ring (bicyclic) bond motifs is 1. The molecule has 0 bridgehead atoms. The van der Waals surface area contributed by atoms with Gasteiger partial charge >= 0.3 is 12.2 Å². The van der Waals surface area contributed by atoms with Crippen LogP contribution in [0.25, 0.3) is 20.7 Å². The molecule has 0 amide bonds. The summed E-state index contributed by atoms with van der Waals surface area (Å²) in [6.07, 6.45) is -0.434. The summed E-state index contributed by atoms with van der Waals surface area (Å²) in [5.74, 6) is 0.518. The highest BCUT2D eigenvalue weighted by atomic mass is 32.1. The van der Waals surface area contributed by atoms with Gasteiger partial charge in [-0.25, -0.2) is 0 Å². The van der Waals surface area contributed by atoms with Crippen LogP contribution in [0.2, 0.25) is 0 Å². The lowest BCUT2D eigenvalue weighted by molar-refractivity contribution is -0.137. The Morgan fingerprint density at radius 1 is 1.12 bits per heavy atom. The molecular formula is C24H21F3N4O2S. The second-order valence-electron chi connectivity index (χ2n) is 8.20. The molecule has 0 unspecified atom stereocenters. The molecule has 5 rings (SSSR count). The highest BCUT2D eigenvalue weighted by Gasteiger charge is 2.30. The topological polar surface area (TPSA) is 60.2 Å². The van der Waals surface area contributed by atoms with Gasteiger partial charge in [0, 0.05) is 24.7 Å². The summed E-state index contributed by atoms with van der Waals surface area (Å²) in [7, 11) is 1.56. The van der Waals surface area contributed by atoms with Gasteiger partial charge in [0.1, 0.15) is 4.70 Å². The minimum Gasteiger partial charge on any atom is -0.423 e. The van der Waals surface area contributed by atoms with Crippen LogP contribution >= 0.6 is 11.3 Å². The molecule has 3 aromatic heterocycles. The van der Waals surface area contributed by atoms with Crippen LogP contribution in [-0.4, -0.2) is 32.5 Å². The zero-order valence-corrected chi connectivity index (χ0v) is 19.1. The van der Waals surface area contributed by atoms with E-state index in [0.717, 1.165) is 55.1 Å². The van der Waals surface area contributed by atoms with Gasteiger partial charge in [-0.05, 0) is 61.8 Å². The highest BCUT2D eigenvalue weighted by molar-refractivity contribution is 7.22. The Labute approximate surface area is 197 Å². The second kappa shape index (κ2) is 8.84. The van der Waals surface area contributed by atoms with Crippen LogP contribution in [0.3, 0.4) is 0 Å². The lowest BCUT2D eigenvalue weighted by Gasteiger charge is -2.17. The van der Waals surface area contributed by atoms with Gasteiger partial charge in [0.2, 0.25) is 0 Å². The number of ether oxygens (including phenoxy) is 1. The molecule has 0 saturated carbocycles. The Morgan fingerprint density at radius 2 is 1.91 bits per heavy atom. The normalized spacial score (nSPS) is 14.7. The molecule has 0 aliphatic carbocycles. The molecule has 176 valence electrons. The Kier molecular flexibility index (Phi) is 5.86. The van der Waals surface area contributed by atoms with Crippen LogP contribution in [0.5, 0.6) is 11.8 Å². The molecular weight excluding hydrogens is 465 g/mol. The SMILES string of the molecule is Cn1c(Oc2cccnc2CN2CCCC2)nc2cc(-c3cccc(C(F)(F)F)c3)sc2c1=O. The lowest BCUT2D eigenvalue weighted by atomic mass is 10.1. The molecule has 1 aliphatic rings.